The molecule has 0 spiro atoms. The minimum absolute atomic E-state index is 0. The summed E-state index contributed by atoms with van der Waals surface area (Å²) in [5.41, 5.74) is 10.2. The summed E-state index contributed by atoms with van der Waals surface area (Å²) in [6.45, 7) is 0.761. The summed E-state index contributed by atoms with van der Waals surface area (Å²) in [4.78, 5) is 25.5. The van der Waals surface area contributed by atoms with Crippen LogP contribution in [0.3, 0.4) is 0 Å². The van der Waals surface area contributed by atoms with Crippen LogP contribution in [-0.4, -0.2) is 25.4 Å². The number of carbonyl (C=O) groups is 1. The number of benzene rings is 1. The van der Waals surface area contributed by atoms with Gasteiger partial charge in [-0.25, -0.2) is 9.97 Å². The molecule has 0 saturated heterocycles. The number of nitrogens with one attached hydrogen (secondary N) is 1. The normalized spacial score (nSPS) is 10.1. The topological polar surface area (TPSA) is 98.7 Å². The van der Waals surface area contributed by atoms with Crippen LogP contribution in [0.5, 0.6) is 0 Å². The highest BCUT2D eigenvalue weighted by Gasteiger charge is 2.11. The minimum atomic E-state index is -0.224. The predicted molar refractivity (Wildman–Crippen MR) is 117 cm³/mol. The lowest BCUT2D eigenvalue weighted by Gasteiger charge is -2.06. The van der Waals surface area contributed by atoms with Crippen LogP contribution in [0.25, 0.3) is 16.9 Å². The van der Waals surface area contributed by atoms with Crippen LogP contribution < -0.4 is 11.1 Å². The SMILES string of the molecule is Cl.Cl.NCc1ccnc(CNC(=O)c2cnc3c(c2)ncn3-c2ccccc2)c1. The van der Waals surface area contributed by atoms with E-state index in [9.17, 15) is 4.79 Å². The van der Waals surface area contributed by atoms with Crippen LogP contribution in [0.2, 0.25) is 0 Å². The first-order chi connectivity index (χ1) is 13.2. The minimum Gasteiger partial charge on any atom is -0.346 e. The second-order valence-corrected chi connectivity index (χ2v) is 6.06. The van der Waals surface area contributed by atoms with Crippen LogP contribution in [0, 0.1) is 0 Å². The van der Waals surface area contributed by atoms with Crippen molar-refractivity contribution in [2.45, 2.75) is 13.1 Å². The van der Waals surface area contributed by atoms with Crippen LogP contribution in [-0.2, 0) is 13.1 Å². The molecular weight excluding hydrogens is 411 g/mol. The standard InChI is InChI=1S/C20H18N6O.2ClH/c21-10-14-6-7-22-16(8-14)12-24-20(27)15-9-18-19(23-11-15)26(13-25-18)17-4-2-1-3-5-17;;/h1-9,11,13H,10,12,21H2,(H,24,27);2*1H. The van der Waals surface area contributed by atoms with Gasteiger partial charge in [-0.1, -0.05) is 18.2 Å². The molecule has 0 aliphatic carbocycles. The first-order valence-corrected chi connectivity index (χ1v) is 8.55. The van der Waals surface area contributed by atoms with Crippen molar-refractivity contribution < 1.29 is 4.79 Å². The molecule has 3 aromatic heterocycles. The van der Waals surface area contributed by atoms with Crippen molar-refractivity contribution in [2.24, 2.45) is 5.73 Å². The van der Waals surface area contributed by atoms with Crippen LogP contribution >= 0.6 is 24.8 Å². The van der Waals surface area contributed by atoms with Gasteiger partial charge in [0.2, 0.25) is 0 Å². The van der Waals surface area contributed by atoms with Crippen molar-refractivity contribution >= 4 is 41.9 Å². The second-order valence-electron chi connectivity index (χ2n) is 6.06. The number of carbonyl (C=O) groups excluding carboxylic acids is 1. The lowest BCUT2D eigenvalue weighted by atomic mass is 10.2. The van der Waals surface area contributed by atoms with Crippen molar-refractivity contribution in [1.82, 2.24) is 24.8 Å². The van der Waals surface area contributed by atoms with Gasteiger partial charge in [-0.2, -0.15) is 0 Å². The Morgan fingerprint density at radius 2 is 1.83 bits per heavy atom. The Balaban J connectivity index is 0.00000150. The molecule has 29 heavy (non-hydrogen) atoms. The Labute approximate surface area is 180 Å². The molecule has 1 amide bonds. The maximum Gasteiger partial charge on any atom is 0.253 e. The largest absolute Gasteiger partial charge is 0.346 e. The first kappa shape index (κ1) is 22.3. The fourth-order valence-corrected chi connectivity index (χ4v) is 2.83. The van der Waals surface area contributed by atoms with Gasteiger partial charge >= 0.3 is 0 Å². The van der Waals surface area contributed by atoms with E-state index in [1.54, 1.807) is 24.8 Å². The van der Waals surface area contributed by atoms with Gasteiger partial charge in [-0.3, -0.25) is 14.3 Å². The average molecular weight is 431 g/mol. The lowest BCUT2D eigenvalue weighted by molar-refractivity contribution is 0.0950. The molecule has 7 nitrogen and oxygen atoms in total. The Morgan fingerprint density at radius 3 is 2.59 bits per heavy atom. The molecule has 0 unspecified atom stereocenters. The van der Waals surface area contributed by atoms with Crippen molar-refractivity contribution in [3.8, 4) is 5.69 Å². The molecule has 0 atom stereocenters. The van der Waals surface area contributed by atoms with Crippen LogP contribution in [0.1, 0.15) is 21.6 Å². The molecule has 0 saturated carbocycles. The summed E-state index contributed by atoms with van der Waals surface area (Å²) in [7, 11) is 0. The molecule has 3 N–H and O–H groups in total. The molecule has 0 radical (unpaired) electrons. The zero-order valence-electron chi connectivity index (χ0n) is 15.4. The van der Waals surface area contributed by atoms with E-state index in [1.165, 1.54) is 0 Å². The van der Waals surface area contributed by atoms with Crippen LogP contribution in [0.15, 0.2) is 67.3 Å². The number of hydrogen-bond donors (Lipinski definition) is 2. The molecular formula is C20H20Cl2N6O. The number of rotatable bonds is 5. The van der Waals surface area contributed by atoms with E-state index in [0.29, 0.717) is 29.8 Å². The third-order valence-electron chi connectivity index (χ3n) is 4.23. The second kappa shape index (κ2) is 9.97. The number of halogens is 2. The predicted octanol–water partition coefficient (Wildman–Crippen LogP) is 3.05. The average Bonchev–Trinajstić information content (AvgIpc) is 3.16. The Kier molecular flexibility index (Phi) is 7.67. The van der Waals surface area contributed by atoms with E-state index < -0.39 is 0 Å². The molecule has 150 valence electrons. The summed E-state index contributed by atoms with van der Waals surface area (Å²) in [6, 6.07) is 15.3. The highest BCUT2D eigenvalue weighted by molar-refractivity contribution is 5.96. The number of aromatic nitrogens is 4. The van der Waals surface area contributed by atoms with Gasteiger partial charge in [0.1, 0.15) is 11.8 Å². The summed E-state index contributed by atoms with van der Waals surface area (Å²) < 4.78 is 1.89. The molecule has 0 aliphatic rings. The van der Waals surface area contributed by atoms with Gasteiger partial charge in [0, 0.05) is 24.6 Å². The molecule has 3 heterocycles. The summed E-state index contributed by atoms with van der Waals surface area (Å²) in [5, 5.41) is 2.85. The van der Waals surface area contributed by atoms with E-state index in [0.717, 1.165) is 16.9 Å². The molecule has 4 aromatic rings. The fraction of sp³-hybridized carbons (Fsp3) is 0.100. The lowest BCUT2D eigenvalue weighted by Crippen LogP contribution is -2.23. The Morgan fingerprint density at radius 1 is 1.03 bits per heavy atom. The third kappa shape index (κ3) is 4.89. The number of para-hydroxylation sites is 1. The van der Waals surface area contributed by atoms with E-state index >= 15 is 0 Å². The molecule has 0 fully saturated rings. The van der Waals surface area contributed by atoms with E-state index in [-0.39, 0.29) is 30.7 Å². The van der Waals surface area contributed by atoms with Gasteiger partial charge in [-0.05, 0) is 35.9 Å². The van der Waals surface area contributed by atoms with Crippen molar-refractivity contribution in [3.63, 3.8) is 0 Å². The van der Waals surface area contributed by atoms with E-state index in [2.05, 4.69) is 20.3 Å². The fourth-order valence-electron chi connectivity index (χ4n) is 2.83. The van der Waals surface area contributed by atoms with Gasteiger partial charge in [0.15, 0.2) is 5.65 Å². The summed E-state index contributed by atoms with van der Waals surface area (Å²) in [6.07, 6.45) is 4.95. The molecule has 0 bridgehead atoms. The number of fused-ring (bicyclic) bond motifs is 1. The van der Waals surface area contributed by atoms with Crippen molar-refractivity contribution in [1.29, 1.82) is 0 Å². The molecule has 9 heteroatoms. The number of nitrogens with two attached hydrogens (primary N) is 1. The monoisotopic (exact) mass is 430 g/mol. The zero-order valence-corrected chi connectivity index (χ0v) is 17.0. The van der Waals surface area contributed by atoms with Gasteiger partial charge in [0.05, 0.1) is 17.8 Å². The number of nitrogens with zero attached hydrogens (tertiary/aromatic N) is 4. The highest BCUT2D eigenvalue weighted by Crippen LogP contribution is 2.17. The Bertz CT molecular complexity index is 1100. The number of hydrogen-bond acceptors (Lipinski definition) is 5. The van der Waals surface area contributed by atoms with E-state index in [4.69, 9.17) is 5.73 Å². The number of amides is 1. The van der Waals surface area contributed by atoms with Crippen molar-refractivity contribution in [2.75, 3.05) is 0 Å². The molecule has 1 aromatic carbocycles. The highest BCUT2D eigenvalue weighted by atomic mass is 35.5. The first-order valence-electron chi connectivity index (χ1n) is 8.55. The summed E-state index contributed by atoms with van der Waals surface area (Å²) >= 11 is 0. The number of pyridine rings is 2. The van der Waals surface area contributed by atoms with Gasteiger partial charge in [-0.15, -0.1) is 24.8 Å². The maximum atomic E-state index is 12.5. The van der Waals surface area contributed by atoms with Crippen molar-refractivity contribution in [3.05, 3.63) is 84.1 Å². The van der Waals surface area contributed by atoms with Gasteiger partial charge in [0.25, 0.3) is 5.91 Å². The van der Waals surface area contributed by atoms with Crippen LogP contribution in [0.4, 0.5) is 0 Å². The maximum absolute atomic E-state index is 12.5. The molecule has 4 rings (SSSR count). The summed E-state index contributed by atoms with van der Waals surface area (Å²) in [5.74, 6) is -0.224. The van der Waals surface area contributed by atoms with E-state index in [1.807, 2.05) is 47.0 Å². The number of imidazole rings is 1. The molecule has 0 aliphatic heterocycles. The smallest absolute Gasteiger partial charge is 0.253 e. The van der Waals surface area contributed by atoms with Gasteiger partial charge < -0.3 is 11.1 Å². The quantitative estimate of drug-likeness (QED) is 0.506. The Hall–Kier alpha value is -3.00. The third-order valence-corrected chi connectivity index (χ3v) is 4.23. The zero-order chi connectivity index (χ0) is 18.6.